The number of benzene rings is 1. The van der Waals surface area contributed by atoms with Gasteiger partial charge in [-0.25, -0.2) is 9.37 Å². The zero-order chi connectivity index (χ0) is 13.1. The molecule has 0 aliphatic heterocycles. The number of hydrogen-bond donors (Lipinski definition) is 0. The molecule has 5 heteroatoms. The second-order valence-electron chi connectivity index (χ2n) is 3.70. The molecule has 1 heterocycles. The Hall–Kier alpha value is -1.62. The molecule has 2 rings (SSSR count). The first-order chi connectivity index (χ1) is 8.60. The van der Waals surface area contributed by atoms with Gasteiger partial charge in [0, 0.05) is 10.7 Å². The molecule has 2 aromatic rings. The minimum atomic E-state index is -0.535. The first-order valence-corrected chi connectivity index (χ1v) is 6.03. The van der Waals surface area contributed by atoms with Gasteiger partial charge in [0.15, 0.2) is 17.3 Å². The molecule has 0 unspecified atom stereocenters. The normalized spacial score (nSPS) is 10.2. The van der Waals surface area contributed by atoms with E-state index in [4.69, 9.17) is 9.47 Å². The minimum absolute atomic E-state index is 0.0830. The number of rotatable bonds is 3. The summed E-state index contributed by atoms with van der Waals surface area (Å²) in [6.45, 7) is 1.94. The van der Waals surface area contributed by atoms with Crippen LogP contribution in [0.25, 0.3) is 0 Å². The van der Waals surface area contributed by atoms with Gasteiger partial charge in [-0.15, -0.1) is 0 Å². The summed E-state index contributed by atoms with van der Waals surface area (Å²) in [5.41, 5.74) is 1.03. The lowest BCUT2D eigenvalue weighted by atomic mass is 10.2. The van der Waals surface area contributed by atoms with Gasteiger partial charge in [-0.3, -0.25) is 0 Å². The highest BCUT2D eigenvalue weighted by Gasteiger charge is 2.11. The molecule has 18 heavy (non-hydrogen) atoms. The van der Waals surface area contributed by atoms with Crippen molar-refractivity contribution >= 4 is 15.9 Å². The second kappa shape index (κ2) is 5.35. The number of methoxy groups -OCH3 is 1. The lowest BCUT2D eigenvalue weighted by molar-refractivity contribution is 0.363. The Morgan fingerprint density at radius 2 is 2.00 bits per heavy atom. The van der Waals surface area contributed by atoms with Crippen LogP contribution in [0, 0.1) is 12.7 Å². The van der Waals surface area contributed by atoms with Gasteiger partial charge in [0.05, 0.1) is 7.11 Å². The number of hydrogen-bond acceptors (Lipinski definition) is 3. The predicted octanol–water partition coefficient (Wildman–Crippen LogP) is 4.09. The maximum atomic E-state index is 13.6. The quantitative estimate of drug-likeness (QED) is 0.855. The summed E-state index contributed by atoms with van der Waals surface area (Å²) < 4.78 is 24.7. The van der Waals surface area contributed by atoms with Gasteiger partial charge in [0.25, 0.3) is 5.88 Å². The summed E-state index contributed by atoms with van der Waals surface area (Å²) in [6, 6.07) is 6.68. The summed E-state index contributed by atoms with van der Waals surface area (Å²) in [5, 5.41) is 0. The van der Waals surface area contributed by atoms with E-state index in [0.29, 0.717) is 16.0 Å². The van der Waals surface area contributed by atoms with Crippen molar-refractivity contribution in [2.75, 3.05) is 7.11 Å². The molecular formula is C13H11BrFNO2. The molecule has 1 aromatic heterocycles. The van der Waals surface area contributed by atoms with E-state index >= 15 is 0 Å². The van der Waals surface area contributed by atoms with E-state index in [2.05, 4.69) is 20.9 Å². The van der Waals surface area contributed by atoms with Gasteiger partial charge in [0.2, 0.25) is 0 Å². The molecule has 3 nitrogen and oxygen atoms in total. The largest absolute Gasteiger partial charge is 0.493 e. The zero-order valence-electron chi connectivity index (χ0n) is 9.91. The smallest absolute Gasteiger partial charge is 0.256 e. The van der Waals surface area contributed by atoms with Crippen molar-refractivity contribution in [1.82, 2.24) is 4.98 Å². The lowest BCUT2D eigenvalue weighted by Gasteiger charge is -2.10. The van der Waals surface area contributed by atoms with Crippen LogP contribution in [0.4, 0.5) is 4.39 Å². The molecule has 0 radical (unpaired) electrons. The second-order valence-corrected chi connectivity index (χ2v) is 4.61. The van der Waals surface area contributed by atoms with Crippen LogP contribution in [-0.2, 0) is 0 Å². The van der Waals surface area contributed by atoms with E-state index in [-0.39, 0.29) is 5.88 Å². The van der Waals surface area contributed by atoms with Gasteiger partial charge in [0.1, 0.15) is 0 Å². The third kappa shape index (κ3) is 2.79. The number of ether oxygens (including phenoxy) is 2. The van der Waals surface area contributed by atoms with Crippen LogP contribution in [0.3, 0.4) is 0 Å². The Morgan fingerprint density at radius 3 is 2.67 bits per heavy atom. The van der Waals surface area contributed by atoms with Crippen molar-refractivity contribution in [3.8, 4) is 17.4 Å². The Morgan fingerprint density at radius 1 is 1.22 bits per heavy atom. The SMILES string of the molecule is COc1cc(C)ccc1Oc1ncc(Br)cc1F. The summed E-state index contributed by atoms with van der Waals surface area (Å²) in [6.07, 6.45) is 1.47. The third-order valence-corrected chi connectivity index (χ3v) is 2.73. The Balaban J connectivity index is 2.33. The number of aryl methyl sites for hydroxylation is 1. The molecule has 0 aliphatic rings. The van der Waals surface area contributed by atoms with Gasteiger partial charge in [-0.05, 0) is 46.6 Å². The molecule has 94 valence electrons. The van der Waals surface area contributed by atoms with E-state index < -0.39 is 5.82 Å². The monoisotopic (exact) mass is 311 g/mol. The zero-order valence-corrected chi connectivity index (χ0v) is 11.5. The maximum absolute atomic E-state index is 13.6. The summed E-state index contributed by atoms with van der Waals surface area (Å²) in [4.78, 5) is 3.87. The number of pyridine rings is 1. The van der Waals surface area contributed by atoms with Crippen molar-refractivity contribution in [2.45, 2.75) is 6.92 Å². The van der Waals surface area contributed by atoms with Crippen LogP contribution >= 0.6 is 15.9 Å². The molecule has 0 spiro atoms. The molecular weight excluding hydrogens is 301 g/mol. The molecule has 0 saturated carbocycles. The molecule has 0 bridgehead atoms. The van der Waals surface area contributed by atoms with Crippen LogP contribution in [0.5, 0.6) is 17.4 Å². The molecule has 0 atom stereocenters. The molecule has 0 amide bonds. The maximum Gasteiger partial charge on any atom is 0.256 e. The first-order valence-electron chi connectivity index (χ1n) is 5.23. The highest BCUT2D eigenvalue weighted by molar-refractivity contribution is 9.10. The Kier molecular flexibility index (Phi) is 3.81. The lowest BCUT2D eigenvalue weighted by Crippen LogP contribution is -1.95. The molecule has 1 aromatic carbocycles. The number of nitrogens with zero attached hydrogens (tertiary/aromatic N) is 1. The fourth-order valence-electron chi connectivity index (χ4n) is 1.44. The topological polar surface area (TPSA) is 31.4 Å². The van der Waals surface area contributed by atoms with Crippen LogP contribution in [0.1, 0.15) is 5.56 Å². The van der Waals surface area contributed by atoms with Crippen molar-refractivity contribution in [1.29, 1.82) is 0 Å². The molecule has 0 aliphatic carbocycles. The summed E-state index contributed by atoms with van der Waals surface area (Å²) in [5.74, 6) is 0.350. The summed E-state index contributed by atoms with van der Waals surface area (Å²) >= 11 is 3.14. The standard InChI is InChI=1S/C13H11BrFNO2/c1-8-3-4-11(12(5-8)17-2)18-13-10(15)6-9(14)7-16-13/h3-7H,1-2H3. The van der Waals surface area contributed by atoms with Gasteiger partial charge in [-0.2, -0.15) is 0 Å². The van der Waals surface area contributed by atoms with E-state index in [1.54, 1.807) is 6.07 Å². The van der Waals surface area contributed by atoms with Crippen molar-refractivity contribution < 1.29 is 13.9 Å². The van der Waals surface area contributed by atoms with Crippen molar-refractivity contribution in [3.05, 3.63) is 46.3 Å². The Labute approximate surface area is 113 Å². The van der Waals surface area contributed by atoms with Crippen molar-refractivity contribution in [2.24, 2.45) is 0 Å². The average molecular weight is 312 g/mol. The van der Waals surface area contributed by atoms with Gasteiger partial charge < -0.3 is 9.47 Å². The highest BCUT2D eigenvalue weighted by atomic mass is 79.9. The van der Waals surface area contributed by atoms with E-state index in [0.717, 1.165) is 5.56 Å². The minimum Gasteiger partial charge on any atom is -0.493 e. The van der Waals surface area contributed by atoms with E-state index in [1.807, 2.05) is 19.1 Å². The molecule has 0 saturated heterocycles. The number of halogens is 2. The van der Waals surface area contributed by atoms with Crippen LogP contribution in [-0.4, -0.2) is 12.1 Å². The third-order valence-electron chi connectivity index (χ3n) is 2.30. The fraction of sp³-hybridized carbons (Fsp3) is 0.154. The fourth-order valence-corrected chi connectivity index (χ4v) is 1.74. The number of aromatic nitrogens is 1. The van der Waals surface area contributed by atoms with Crippen LogP contribution < -0.4 is 9.47 Å². The average Bonchev–Trinajstić information content (AvgIpc) is 2.34. The summed E-state index contributed by atoms with van der Waals surface area (Å²) in [7, 11) is 1.53. The van der Waals surface area contributed by atoms with Gasteiger partial charge in [-0.1, -0.05) is 6.07 Å². The van der Waals surface area contributed by atoms with E-state index in [1.165, 1.54) is 19.4 Å². The van der Waals surface area contributed by atoms with Gasteiger partial charge >= 0.3 is 0 Å². The van der Waals surface area contributed by atoms with Crippen LogP contribution in [0.15, 0.2) is 34.9 Å². The molecule has 0 N–H and O–H groups in total. The Bertz CT molecular complexity index is 575. The molecule has 0 fully saturated rings. The highest BCUT2D eigenvalue weighted by Crippen LogP contribution is 2.32. The van der Waals surface area contributed by atoms with E-state index in [9.17, 15) is 4.39 Å². The van der Waals surface area contributed by atoms with Crippen LogP contribution in [0.2, 0.25) is 0 Å². The van der Waals surface area contributed by atoms with Crippen molar-refractivity contribution in [3.63, 3.8) is 0 Å². The first kappa shape index (κ1) is 12.8. The predicted molar refractivity (Wildman–Crippen MR) is 69.7 cm³/mol.